The molecule has 0 radical (unpaired) electrons. The third kappa shape index (κ3) is 2.73. The number of amides is 1. The van der Waals surface area contributed by atoms with Crippen LogP contribution in [0.25, 0.3) is 10.1 Å². The maximum atomic E-state index is 12.7. The number of rotatable bonds is 1. The van der Waals surface area contributed by atoms with E-state index in [9.17, 15) is 4.79 Å². The van der Waals surface area contributed by atoms with E-state index in [1.54, 1.807) is 0 Å². The lowest BCUT2D eigenvalue weighted by atomic mass is 10.1. The van der Waals surface area contributed by atoms with Crippen molar-refractivity contribution in [3.05, 3.63) is 28.1 Å². The van der Waals surface area contributed by atoms with Crippen LogP contribution in [0.5, 0.6) is 0 Å². The fourth-order valence-electron chi connectivity index (χ4n) is 2.58. The monoisotopic (exact) mass is 324 g/mol. The van der Waals surface area contributed by atoms with Crippen LogP contribution in [0.1, 0.15) is 23.5 Å². The van der Waals surface area contributed by atoms with Gasteiger partial charge in [0.1, 0.15) is 4.88 Å². The summed E-state index contributed by atoms with van der Waals surface area (Å²) in [5.74, 6) is -0.0267. The number of hydrogen-bond donors (Lipinski definition) is 1. The zero-order valence-electron chi connectivity index (χ0n) is 12.0. The van der Waals surface area contributed by atoms with Gasteiger partial charge in [-0.15, -0.1) is 11.3 Å². The second-order valence-electron chi connectivity index (χ2n) is 5.82. The molecule has 6 heteroatoms. The highest BCUT2D eigenvalue weighted by atomic mass is 35.5. The molecule has 1 aliphatic heterocycles. The predicted molar refractivity (Wildman–Crippen MR) is 87.2 cm³/mol. The van der Waals surface area contributed by atoms with Crippen LogP contribution in [-0.2, 0) is 4.74 Å². The van der Waals surface area contributed by atoms with Crippen molar-refractivity contribution in [2.24, 2.45) is 0 Å². The molecule has 2 N–H and O–H groups in total. The number of nitrogen functional groups attached to an aromatic ring is 1. The van der Waals surface area contributed by atoms with Gasteiger partial charge in [0, 0.05) is 28.2 Å². The third-order valence-electron chi connectivity index (χ3n) is 3.60. The predicted octanol–water partition coefficient (Wildman–Crippen LogP) is 3.39. The number of carbonyl (C=O) groups excluding carboxylic acids is 1. The van der Waals surface area contributed by atoms with E-state index >= 15 is 0 Å². The van der Waals surface area contributed by atoms with E-state index < -0.39 is 0 Å². The Labute approximate surface area is 132 Å². The van der Waals surface area contributed by atoms with Gasteiger partial charge in [0.15, 0.2) is 0 Å². The van der Waals surface area contributed by atoms with E-state index in [1.807, 2.05) is 36.9 Å². The van der Waals surface area contributed by atoms with E-state index in [0.717, 1.165) is 10.1 Å². The number of nitrogens with zero attached hydrogens (tertiary/aromatic N) is 1. The smallest absolute Gasteiger partial charge is 0.266 e. The molecule has 0 atom stereocenters. The summed E-state index contributed by atoms with van der Waals surface area (Å²) in [7, 11) is 0. The second-order valence-corrected chi connectivity index (χ2v) is 7.31. The summed E-state index contributed by atoms with van der Waals surface area (Å²) in [4.78, 5) is 15.1. The summed E-state index contributed by atoms with van der Waals surface area (Å²) in [5, 5.41) is 1.47. The molecular weight excluding hydrogens is 308 g/mol. The lowest BCUT2D eigenvalue weighted by Crippen LogP contribution is -2.50. The standard InChI is InChI=1S/C15H17ClN2O2S/c1-15(2)8-18(5-6-20-15)14(19)13-12(17)10-7-9(16)3-4-11(10)21-13/h3-4,7H,5-6,8,17H2,1-2H3. The Morgan fingerprint density at radius 1 is 1.48 bits per heavy atom. The van der Waals surface area contributed by atoms with Crippen molar-refractivity contribution in [1.29, 1.82) is 0 Å². The summed E-state index contributed by atoms with van der Waals surface area (Å²) in [5.41, 5.74) is 6.36. The first-order chi connectivity index (χ1) is 9.87. The van der Waals surface area contributed by atoms with Gasteiger partial charge in [-0.25, -0.2) is 0 Å². The molecule has 0 saturated carbocycles. The van der Waals surface area contributed by atoms with Crippen LogP contribution in [0, 0.1) is 0 Å². The molecule has 112 valence electrons. The summed E-state index contributed by atoms with van der Waals surface area (Å²) in [6, 6.07) is 5.52. The van der Waals surface area contributed by atoms with Crippen LogP contribution in [0.15, 0.2) is 18.2 Å². The molecule has 1 saturated heterocycles. The van der Waals surface area contributed by atoms with Crippen molar-refractivity contribution in [1.82, 2.24) is 4.90 Å². The lowest BCUT2D eigenvalue weighted by Gasteiger charge is -2.38. The minimum absolute atomic E-state index is 0.0267. The fraction of sp³-hybridized carbons (Fsp3) is 0.400. The number of anilines is 1. The lowest BCUT2D eigenvalue weighted by molar-refractivity contribution is -0.0762. The van der Waals surface area contributed by atoms with Gasteiger partial charge in [0.25, 0.3) is 5.91 Å². The SMILES string of the molecule is CC1(C)CN(C(=O)c2sc3ccc(Cl)cc3c2N)CCO1. The number of nitrogens with two attached hydrogens (primary N) is 1. The third-order valence-corrected chi connectivity index (χ3v) is 5.01. The molecule has 3 rings (SSSR count). The van der Waals surface area contributed by atoms with Gasteiger partial charge in [-0.3, -0.25) is 4.79 Å². The van der Waals surface area contributed by atoms with Crippen LogP contribution in [-0.4, -0.2) is 36.1 Å². The van der Waals surface area contributed by atoms with Crippen molar-refractivity contribution in [2.75, 3.05) is 25.4 Å². The fourth-order valence-corrected chi connectivity index (χ4v) is 3.82. The van der Waals surface area contributed by atoms with Gasteiger partial charge >= 0.3 is 0 Å². The average molecular weight is 325 g/mol. The Morgan fingerprint density at radius 3 is 2.95 bits per heavy atom. The summed E-state index contributed by atoms with van der Waals surface area (Å²) in [6.45, 7) is 5.69. The van der Waals surface area contributed by atoms with Crippen molar-refractivity contribution in [3.63, 3.8) is 0 Å². The molecule has 0 unspecified atom stereocenters. The quantitative estimate of drug-likeness (QED) is 0.874. The molecule has 0 spiro atoms. The maximum absolute atomic E-state index is 12.7. The minimum Gasteiger partial charge on any atom is -0.397 e. The molecule has 1 fully saturated rings. The molecule has 1 amide bonds. The van der Waals surface area contributed by atoms with Gasteiger partial charge in [0.05, 0.1) is 17.9 Å². The minimum atomic E-state index is -0.317. The van der Waals surface area contributed by atoms with Crippen molar-refractivity contribution in [2.45, 2.75) is 19.4 Å². The largest absolute Gasteiger partial charge is 0.397 e. The summed E-state index contributed by atoms with van der Waals surface area (Å²) in [6.07, 6.45) is 0. The second kappa shape index (κ2) is 5.16. The number of benzene rings is 1. The first-order valence-electron chi connectivity index (χ1n) is 6.78. The number of carbonyl (C=O) groups is 1. The highest BCUT2D eigenvalue weighted by Crippen LogP contribution is 2.36. The topological polar surface area (TPSA) is 55.6 Å². The zero-order valence-corrected chi connectivity index (χ0v) is 13.6. The van der Waals surface area contributed by atoms with Crippen molar-refractivity contribution >= 4 is 44.6 Å². The van der Waals surface area contributed by atoms with Gasteiger partial charge in [-0.2, -0.15) is 0 Å². The van der Waals surface area contributed by atoms with E-state index in [4.69, 9.17) is 22.1 Å². The van der Waals surface area contributed by atoms with Crippen LogP contribution in [0.2, 0.25) is 5.02 Å². The van der Waals surface area contributed by atoms with Gasteiger partial charge in [0.2, 0.25) is 0 Å². The van der Waals surface area contributed by atoms with Crippen LogP contribution >= 0.6 is 22.9 Å². The van der Waals surface area contributed by atoms with Gasteiger partial charge < -0.3 is 15.4 Å². The number of thiophene rings is 1. The van der Waals surface area contributed by atoms with Crippen LogP contribution < -0.4 is 5.73 Å². The molecular formula is C15H17ClN2O2S. The normalized spacial score (nSPS) is 18.1. The Hall–Kier alpha value is -1.30. The first kappa shape index (κ1) is 14.6. The average Bonchev–Trinajstić information content (AvgIpc) is 2.74. The highest BCUT2D eigenvalue weighted by molar-refractivity contribution is 7.21. The number of ether oxygens (including phenoxy) is 1. The number of halogens is 1. The Balaban J connectivity index is 1.96. The van der Waals surface area contributed by atoms with Crippen LogP contribution in [0.3, 0.4) is 0 Å². The van der Waals surface area contributed by atoms with Crippen molar-refractivity contribution < 1.29 is 9.53 Å². The van der Waals surface area contributed by atoms with Gasteiger partial charge in [-0.1, -0.05) is 11.6 Å². The Morgan fingerprint density at radius 2 is 2.24 bits per heavy atom. The molecule has 4 nitrogen and oxygen atoms in total. The van der Waals surface area contributed by atoms with Crippen LogP contribution in [0.4, 0.5) is 5.69 Å². The maximum Gasteiger partial charge on any atom is 0.266 e. The summed E-state index contributed by atoms with van der Waals surface area (Å²) >= 11 is 7.42. The van der Waals surface area contributed by atoms with E-state index in [0.29, 0.717) is 35.3 Å². The molecule has 1 aromatic carbocycles. The summed E-state index contributed by atoms with van der Waals surface area (Å²) < 4.78 is 6.63. The first-order valence-corrected chi connectivity index (χ1v) is 7.97. The Kier molecular flexibility index (Phi) is 3.59. The molecule has 0 aliphatic carbocycles. The molecule has 2 aromatic rings. The van der Waals surface area contributed by atoms with Crippen molar-refractivity contribution in [3.8, 4) is 0 Å². The Bertz CT molecular complexity index is 711. The number of fused-ring (bicyclic) bond motifs is 1. The van der Waals surface area contributed by atoms with Gasteiger partial charge in [-0.05, 0) is 32.0 Å². The van der Waals surface area contributed by atoms with E-state index in [1.165, 1.54) is 11.3 Å². The number of morpholine rings is 1. The molecule has 0 bridgehead atoms. The number of hydrogen-bond acceptors (Lipinski definition) is 4. The van der Waals surface area contributed by atoms with E-state index in [-0.39, 0.29) is 11.5 Å². The molecule has 21 heavy (non-hydrogen) atoms. The molecule has 2 heterocycles. The molecule has 1 aromatic heterocycles. The highest BCUT2D eigenvalue weighted by Gasteiger charge is 2.32. The zero-order chi connectivity index (χ0) is 15.2. The molecule has 1 aliphatic rings. The van der Waals surface area contributed by atoms with E-state index in [2.05, 4.69) is 0 Å².